The lowest BCUT2D eigenvalue weighted by Gasteiger charge is -2.13. The van der Waals surface area contributed by atoms with E-state index in [0.717, 1.165) is 19.4 Å². The fourth-order valence-corrected chi connectivity index (χ4v) is 2.33. The maximum absolute atomic E-state index is 3.60. The second kappa shape index (κ2) is 9.57. The van der Waals surface area contributed by atoms with Crippen molar-refractivity contribution in [2.24, 2.45) is 0 Å². The molecule has 0 aromatic heterocycles. The zero-order valence-corrected chi connectivity index (χ0v) is 12.9. The van der Waals surface area contributed by atoms with Crippen molar-refractivity contribution in [3.8, 4) is 0 Å². The molecule has 0 saturated heterocycles. The van der Waals surface area contributed by atoms with Crippen LogP contribution in [0.4, 0.5) is 0 Å². The normalized spacial score (nSPS) is 11.7. The van der Waals surface area contributed by atoms with Crippen molar-refractivity contribution in [3.63, 3.8) is 0 Å². The molecule has 0 heterocycles. The SMILES string of the molecule is C[C@H](Cc1ccccc1)NCCCc1ccccc1.Cl. The van der Waals surface area contributed by atoms with Crippen LogP contribution in [0.15, 0.2) is 60.7 Å². The number of aryl methyl sites for hydroxylation is 1. The van der Waals surface area contributed by atoms with E-state index in [1.807, 2.05) is 0 Å². The Balaban J connectivity index is 0.00000200. The number of halogens is 1. The van der Waals surface area contributed by atoms with Gasteiger partial charge in [-0.1, -0.05) is 60.7 Å². The van der Waals surface area contributed by atoms with Gasteiger partial charge in [0, 0.05) is 6.04 Å². The minimum absolute atomic E-state index is 0. The first kappa shape index (κ1) is 16.7. The van der Waals surface area contributed by atoms with E-state index in [2.05, 4.69) is 72.9 Å². The van der Waals surface area contributed by atoms with E-state index in [0.29, 0.717) is 6.04 Å². The van der Waals surface area contributed by atoms with E-state index in [1.54, 1.807) is 0 Å². The van der Waals surface area contributed by atoms with Crippen molar-refractivity contribution < 1.29 is 0 Å². The predicted molar refractivity (Wildman–Crippen MR) is 89.6 cm³/mol. The first-order valence-corrected chi connectivity index (χ1v) is 7.16. The van der Waals surface area contributed by atoms with Crippen LogP contribution >= 0.6 is 12.4 Å². The highest BCUT2D eigenvalue weighted by Crippen LogP contribution is 2.04. The van der Waals surface area contributed by atoms with Crippen molar-refractivity contribution in [2.45, 2.75) is 32.2 Å². The molecule has 20 heavy (non-hydrogen) atoms. The van der Waals surface area contributed by atoms with Crippen LogP contribution in [0, 0.1) is 0 Å². The largest absolute Gasteiger partial charge is 0.314 e. The summed E-state index contributed by atoms with van der Waals surface area (Å²) in [5.41, 5.74) is 2.84. The van der Waals surface area contributed by atoms with Gasteiger partial charge in [0.2, 0.25) is 0 Å². The van der Waals surface area contributed by atoms with Gasteiger partial charge in [-0.15, -0.1) is 12.4 Å². The molecule has 0 saturated carbocycles. The summed E-state index contributed by atoms with van der Waals surface area (Å²) in [6.07, 6.45) is 3.46. The molecule has 1 N–H and O–H groups in total. The second-order valence-electron chi connectivity index (χ2n) is 5.13. The van der Waals surface area contributed by atoms with Crippen LogP contribution in [0.1, 0.15) is 24.5 Å². The third kappa shape index (κ3) is 6.23. The third-order valence-corrected chi connectivity index (χ3v) is 3.36. The van der Waals surface area contributed by atoms with Crippen molar-refractivity contribution in [2.75, 3.05) is 6.54 Å². The maximum atomic E-state index is 3.60. The van der Waals surface area contributed by atoms with E-state index in [1.165, 1.54) is 17.5 Å². The summed E-state index contributed by atoms with van der Waals surface area (Å²) in [6.45, 7) is 3.35. The van der Waals surface area contributed by atoms with Crippen molar-refractivity contribution in [1.82, 2.24) is 5.32 Å². The lowest BCUT2D eigenvalue weighted by molar-refractivity contribution is 0.534. The number of hydrogen-bond donors (Lipinski definition) is 1. The Bertz CT molecular complexity index is 455. The Hall–Kier alpha value is -1.31. The Kier molecular flexibility index (Phi) is 8.01. The summed E-state index contributed by atoms with van der Waals surface area (Å²) in [5, 5.41) is 3.60. The molecule has 0 spiro atoms. The summed E-state index contributed by atoms with van der Waals surface area (Å²) in [4.78, 5) is 0. The summed E-state index contributed by atoms with van der Waals surface area (Å²) in [7, 11) is 0. The van der Waals surface area contributed by atoms with Gasteiger partial charge >= 0.3 is 0 Å². The quantitative estimate of drug-likeness (QED) is 0.751. The fourth-order valence-electron chi connectivity index (χ4n) is 2.33. The molecule has 0 radical (unpaired) electrons. The summed E-state index contributed by atoms with van der Waals surface area (Å²) in [5.74, 6) is 0. The maximum Gasteiger partial charge on any atom is 0.00791 e. The van der Waals surface area contributed by atoms with Crippen molar-refractivity contribution >= 4 is 12.4 Å². The van der Waals surface area contributed by atoms with Crippen LogP contribution in [0.5, 0.6) is 0 Å². The molecule has 0 amide bonds. The molecule has 0 unspecified atom stereocenters. The summed E-state index contributed by atoms with van der Waals surface area (Å²) < 4.78 is 0. The molecule has 2 aromatic carbocycles. The number of rotatable bonds is 7. The van der Waals surface area contributed by atoms with E-state index in [9.17, 15) is 0 Å². The van der Waals surface area contributed by atoms with Gasteiger partial charge in [0.05, 0.1) is 0 Å². The highest BCUT2D eigenvalue weighted by Gasteiger charge is 2.02. The van der Waals surface area contributed by atoms with Crippen LogP contribution in [-0.2, 0) is 12.8 Å². The molecule has 0 aliphatic rings. The van der Waals surface area contributed by atoms with Gasteiger partial charge < -0.3 is 5.32 Å². The smallest absolute Gasteiger partial charge is 0.00791 e. The van der Waals surface area contributed by atoms with Gasteiger partial charge in [0.1, 0.15) is 0 Å². The molecule has 1 nitrogen and oxygen atoms in total. The molecular formula is C18H24ClN. The monoisotopic (exact) mass is 289 g/mol. The number of hydrogen-bond acceptors (Lipinski definition) is 1. The minimum atomic E-state index is 0. The Morgan fingerprint density at radius 3 is 2.00 bits per heavy atom. The highest BCUT2D eigenvalue weighted by molar-refractivity contribution is 5.85. The molecule has 1 atom stereocenters. The van der Waals surface area contributed by atoms with Gasteiger partial charge in [-0.2, -0.15) is 0 Å². The van der Waals surface area contributed by atoms with Crippen LogP contribution < -0.4 is 5.32 Å². The van der Waals surface area contributed by atoms with E-state index < -0.39 is 0 Å². The molecule has 108 valence electrons. The number of nitrogens with one attached hydrogen (secondary N) is 1. The highest BCUT2D eigenvalue weighted by atomic mass is 35.5. The zero-order chi connectivity index (χ0) is 13.3. The topological polar surface area (TPSA) is 12.0 Å². The Morgan fingerprint density at radius 2 is 1.40 bits per heavy atom. The molecule has 0 bridgehead atoms. The van der Waals surface area contributed by atoms with Crippen LogP contribution in [0.3, 0.4) is 0 Å². The summed E-state index contributed by atoms with van der Waals surface area (Å²) in [6, 6.07) is 21.9. The third-order valence-electron chi connectivity index (χ3n) is 3.36. The molecule has 0 aliphatic carbocycles. The minimum Gasteiger partial charge on any atom is -0.314 e. The Morgan fingerprint density at radius 1 is 0.850 bits per heavy atom. The van der Waals surface area contributed by atoms with Crippen LogP contribution in [0.2, 0.25) is 0 Å². The molecule has 0 fully saturated rings. The lowest BCUT2D eigenvalue weighted by atomic mass is 10.1. The molecule has 2 rings (SSSR count). The van der Waals surface area contributed by atoms with Crippen molar-refractivity contribution in [1.29, 1.82) is 0 Å². The van der Waals surface area contributed by atoms with E-state index >= 15 is 0 Å². The second-order valence-corrected chi connectivity index (χ2v) is 5.13. The van der Waals surface area contributed by atoms with E-state index in [-0.39, 0.29) is 12.4 Å². The van der Waals surface area contributed by atoms with E-state index in [4.69, 9.17) is 0 Å². The molecular weight excluding hydrogens is 266 g/mol. The zero-order valence-electron chi connectivity index (χ0n) is 12.1. The number of benzene rings is 2. The first-order valence-electron chi connectivity index (χ1n) is 7.16. The average Bonchev–Trinajstić information content (AvgIpc) is 2.46. The van der Waals surface area contributed by atoms with Crippen LogP contribution in [0.25, 0.3) is 0 Å². The average molecular weight is 290 g/mol. The van der Waals surface area contributed by atoms with Gasteiger partial charge in [0.15, 0.2) is 0 Å². The standard InChI is InChI=1S/C18H23N.ClH/c1-16(15-18-11-6-3-7-12-18)19-14-8-13-17-9-4-2-5-10-17;/h2-7,9-12,16,19H,8,13-15H2,1H3;1H/t16-;/m1./s1. The van der Waals surface area contributed by atoms with Crippen molar-refractivity contribution in [3.05, 3.63) is 71.8 Å². The molecule has 0 aliphatic heterocycles. The Labute approximate surface area is 128 Å². The van der Waals surface area contributed by atoms with Crippen LogP contribution in [-0.4, -0.2) is 12.6 Å². The fraction of sp³-hybridized carbons (Fsp3) is 0.333. The first-order chi connectivity index (χ1) is 9.34. The molecule has 2 heteroatoms. The van der Waals surface area contributed by atoms with Gasteiger partial charge in [-0.3, -0.25) is 0 Å². The van der Waals surface area contributed by atoms with Gasteiger partial charge in [-0.05, 0) is 43.9 Å². The van der Waals surface area contributed by atoms with Gasteiger partial charge in [0.25, 0.3) is 0 Å². The van der Waals surface area contributed by atoms with Gasteiger partial charge in [-0.25, -0.2) is 0 Å². The summed E-state index contributed by atoms with van der Waals surface area (Å²) >= 11 is 0. The molecule has 2 aromatic rings. The lowest BCUT2D eigenvalue weighted by Crippen LogP contribution is -2.29. The predicted octanol–water partition coefficient (Wildman–Crippen LogP) is 4.26.